The lowest BCUT2D eigenvalue weighted by molar-refractivity contribution is -0.119. The van der Waals surface area contributed by atoms with Gasteiger partial charge in [-0.3, -0.25) is 4.79 Å². The third-order valence-corrected chi connectivity index (χ3v) is 5.60. The van der Waals surface area contributed by atoms with Gasteiger partial charge in [0.05, 0.1) is 12.7 Å². The molecule has 2 heterocycles. The van der Waals surface area contributed by atoms with E-state index in [0.29, 0.717) is 21.8 Å². The van der Waals surface area contributed by atoms with Crippen molar-refractivity contribution >= 4 is 34.2 Å². The van der Waals surface area contributed by atoms with Crippen molar-refractivity contribution < 1.29 is 28.4 Å². The highest BCUT2D eigenvalue weighted by atomic mass is 32.1. The third-order valence-electron chi connectivity index (χ3n) is 4.48. The van der Waals surface area contributed by atoms with Crippen molar-refractivity contribution in [2.24, 2.45) is 0 Å². The van der Waals surface area contributed by atoms with Crippen molar-refractivity contribution in [2.75, 3.05) is 19.0 Å². The van der Waals surface area contributed by atoms with Crippen molar-refractivity contribution in [1.82, 2.24) is 5.16 Å². The molecule has 8 nitrogen and oxygen atoms in total. The number of amides is 1. The average Bonchev–Trinajstić information content (AvgIpc) is 3.25. The maximum absolute atomic E-state index is 12.6. The number of aromatic nitrogens is 1. The van der Waals surface area contributed by atoms with Gasteiger partial charge in [-0.15, -0.1) is 11.3 Å². The van der Waals surface area contributed by atoms with Gasteiger partial charge >= 0.3 is 11.9 Å². The van der Waals surface area contributed by atoms with Crippen LogP contribution in [-0.2, 0) is 14.3 Å². The predicted octanol–water partition coefficient (Wildman–Crippen LogP) is 3.91. The standard InChI is InChI=1S/C21H20N2O6S/c1-11-13(3)30-19(16(11)20(25)27-4)22-15(24)10-28-21(26)17-12(2)29-23-18(17)14-8-6-5-7-9-14/h5-9H,10H2,1-4H3,(H,22,24). The number of methoxy groups -OCH3 is 1. The van der Waals surface area contributed by atoms with E-state index < -0.39 is 24.5 Å². The molecule has 0 radical (unpaired) electrons. The van der Waals surface area contributed by atoms with Gasteiger partial charge in [0.15, 0.2) is 6.61 Å². The summed E-state index contributed by atoms with van der Waals surface area (Å²) in [6.45, 7) is 4.67. The number of hydrogen-bond donors (Lipinski definition) is 1. The van der Waals surface area contributed by atoms with E-state index in [9.17, 15) is 14.4 Å². The van der Waals surface area contributed by atoms with Crippen molar-refractivity contribution in [3.05, 3.63) is 57.7 Å². The molecule has 30 heavy (non-hydrogen) atoms. The lowest BCUT2D eigenvalue weighted by atomic mass is 10.1. The second-order valence-electron chi connectivity index (χ2n) is 6.43. The number of carbonyl (C=O) groups excluding carboxylic acids is 3. The van der Waals surface area contributed by atoms with Gasteiger partial charge in [0, 0.05) is 10.4 Å². The fourth-order valence-electron chi connectivity index (χ4n) is 2.83. The summed E-state index contributed by atoms with van der Waals surface area (Å²) in [5.74, 6) is -1.56. The Morgan fingerprint density at radius 2 is 1.77 bits per heavy atom. The number of rotatable bonds is 6. The van der Waals surface area contributed by atoms with Crippen LogP contribution in [0.5, 0.6) is 0 Å². The minimum absolute atomic E-state index is 0.159. The average molecular weight is 428 g/mol. The number of nitrogens with one attached hydrogen (secondary N) is 1. The van der Waals surface area contributed by atoms with E-state index >= 15 is 0 Å². The van der Waals surface area contributed by atoms with Crippen LogP contribution in [0, 0.1) is 20.8 Å². The van der Waals surface area contributed by atoms with E-state index in [0.717, 1.165) is 10.4 Å². The van der Waals surface area contributed by atoms with Crippen LogP contribution in [0.15, 0.2) is 34.9 Å². The van der Waals surface area contributed by atoms with E-state index in [1.165, 1.54) is 18.4 Å². The summed E-state index contributed by atoms with van der Waals surface area (Å²) in [6.07, 6.45) is 0. The number of thiophene rings is 1. The molecule has 0 unspecified atom stereocenters. The first-order valence-corrected chi connectivity index (χ1v) is 9.82. The molecule has 0 aliphatic rings. The van der Waals surface area contributed by atoms with Crippen molar-refractivity contribution in [1.29, 1.82) is 0 Å². The molecule has 0 saturated heterocycles. The number of benzene rings is 1. The van der Waals surface area contributed by atoms with Gasteiger partial charge in [-0.2, -0.15) is 0 Å². The van der Waals surface area contributed by atoms with Crippen LogP contribution in [0.3, 0.4) is 0 Å². The van der Waals surface area contributed by atoms with Crippen molar-refractivity contribution in [3.63, 3.8) is 0 Å². The molecule has 0 bridgehead atoms. The summed E-state index contributed by atoms with van der Waals surface area (Å²) in [5.41, 5.74) is 2.22. The summed E-state index contributed by atoms with van der Waals surface area (Å²) < 4.78 is 15.1. The molecule has 0 spiro atoms. The monoisotopic (exact) mass is 428 g/mol. The van der Waals surface area contributed by atoms with Gasteiger partial charge < -0.3 is 19.3 Å². The number of hydrogen-bond acceptors (Lipinski definition) is 8. The van der Waals surface area contributed by atoms with Gasteiger partial charge in [0.1, 0.15) is 22.0 Å². The molecule has 1 N–H and O–H groups in total. The zero-order chi connectivity index (χ0) is 21.8. The van der Waals surface area contributed by atoms with Gasteiger partial charge in [-0.25, -0.2) is 9.59 Å². The Hall–Kier alpha value is -3.46. The number of anilines is 1. The first-order chi connectivity index (χ1) is 14.3. The highest BCUT2D eigenvalue weighted by molar-refractivity contribution is 7.16. The molecular weight excluding hydrogens is 408 g/mol. The molecule has 1 amide bonds. The number of esters is 2. The normalized spacial score (nSPS) is 10.5. The summed E-state index contributed by atoms with van der Waals surface area (Å²) in [7, 11) is 1.27. The van der Waals surface area contributed by atoms with Crippen molar-refractivity contribution in [3.8, 4) is 11.3 Å². The highest BCUT2D eigenvalue weighted by Crippen LogP contribution is 2.33. The smallest absolute Gasteiger partial charge is 0.344 e. The molecule has 0 aliphatic carbocycles. The van der Waals surface area contributed by atoms with Crippen LogP contribution in [-0.4, -0.2) is 36.7 Å². The number of ether oxygens (including phenoxy) is 2. The minimum atomic E-state index is -0.727. The molecule has 3 aromatic rings. The lowest BCUT2D eigenvalue weighted by Gasteiger charge is -2.07. The molecule has 0 atom stereocenters. The number of aryl methyl sites for hydroxylation is 2. The second-order valence-corrected chi connectivity index (χ2v) is 7.66. The summed E-state index contributed by atoms with van der Waals surface area (Å²) in [5, 5.41) is 6.89. The van der Waals surface area contributed by atoms with Crippen LogP contribution in [0.25, 0.3) is 11.3 Å². The van der Waals surface area contributed by atoms with Crippen LogP contribution in [0.1, 0.15) is 36.9 Å². The first kappa shape index (κ1) is 21.3. The molecule has 1 aromatic carbocycles. The van der Waals surface area contributed by atoms with Gasteiger partial charge in [0.25, 0.3) is 5.91 Å². The maximum Gasteiger partial charge on any atom is 0.344 e. The largest absolute Gasteiger partial charge is 0.465 e. The van der Waals surface area contributed by atoms with E-state index in [1.54, 1.807) is 26.0 Å². The Bertz CT molecular complexity index is 1100. The van der Waals surface area contributed by atoms with E-state index in [4.69, 9.17) is 14.0 Å². The van der Waals surface area contributed by atoms with Gasteiger partial charge in [-0.1, -0.05) is 35.5 Å². The zero-order valence-corrected chi connectivity index (χ0v) is 17.7. The van der Waals surface area contributed by atoms with E-state index in [2.05, 4.69) is 10.5 Å². The summed E-state index contributed by atoms with van der Waals surface area (Å²) in [6, 6.07) is 9.04. The SMILES string of the molecule is COC(=O)c1c(NC(=O)COC(=O)c2c(-c3ccccc3)noc2C)sc(C)c1C. The molecule has 0 fully saturated rings. The first-order valence-electron chi connectivity index (χ1n) is 9.00. The molecule has 156 valence electrons. The highest BCUT2D eigenvalue weighted by Gasteiger charge is 2.25. The van der Waals surface area contributed by atoms with Gasteiger partial charge in [0.2, 0.25) is 0 Å². The third kappa shape index (κ3) is 4.25. The second kappa shape index (κ2) is 8.91. The Morgan fingerprint density at radius 1 is 1.07 bits per heavy atom. The fourth-order valence-corrected chi connectivity index (χ4v) is 3.90. The Labute approximate surface area is 176 Å². The predicted molar refractivity (Wildman–Crippen MR) is 111 cm³/mol. The molecule has 0 aliphatic heterocycles. The van der Waals surface area contributed by atoms with Crippen LogP contribution < -0.4 is 5.32 Å². The zero-order valence-electron chi connectivity index (χ0n) is 16.9. The minimum Gasteiger partial charge on any atom is -0.465 e. The lowest BCUT2D eigenvalue weighted by Crippen LogP contribution is -2.22. The van der Waals surface area contributed by atoms with Crippen LogP contribution >= 0.6 is 11.3 Å². The molecule has 2 aromatic heterocycles. The maximum atomic E-state index is 12.6. The van der Waals surface area contributed by atoms with Crippen molar-refractivity contribution in [2.45, 2.75) is 20.8 Å². The van der Waals surface area contributed by atoms with E-state index in [-0.39, 0.29) is 11.3 Å². The van der Waals surface area contributed by atoms with Gasteiger partial charge in [-0.05, 0) is 26.3 Å². The Balaban J connectivity index is 1.71. The molecule has 3 rings (SSSR count). The van der Waals surface area contributed by atoms with E-state index in [1.807, 2.05) is 25.1 Å². The summed E-state index contributed by atoms with van der Waals surface area (Å²) in [4.78, 5) is 37.8. The molecule has 9 heteroatoms. The molecular formula is C21H20N2O6S. The number of carbonyl (C=O) groups is 3. The quantitative estimate of drug-likeness (QED) is 0.593. The van der Waals surface area contributed by atoms with Crippen LogP contribution in [0.4, 0.5) is 5.00 Å². The Morgan fingerprint density at radius 3 is 2.43 bits per heavy atom. The van der Waals surface area contributed by atoms with Crippen LogP contribution in [0.2, 0.25) is 0 Å². The Kier molecular flexibility index (Phi) is 6.31. The summed E-state index contributed by atoms with van der Waals surface area (Å²) >= 11 is 1.25. The fraction of sp³-hybridized carbons (Fsp3) is 0.238. The number of nitrogens with zero attached hydrogens (tertiary/aromatic N) is 1. The molecule has 0 saturated carbocycles. The topological polar surface area (TPSA) is 108 Å².